The molecule has 4 aromatic rings. The SMILES string of the molecule is Cc1nc(-c2cc(-c3ccccc3)c3cc(Cl)ccc3n2)cs1. The summed E-state index contributed by atoms with van der Waals surface area (Å²) in [4.78, 5) is 9.34. The fraction of sp³-hybridized carbons (Fsp3) is 0.0526. The first-order valence-corrected chi connectivity index (χ1v) is 8.55. The molecule has 0 atom stereocenters. The van der Waals surface area contributed by atoms with E-state index in [0.29, 0.717) is 5.02 Å². The molecule has 0 aliphatic heterocycles. The fourth-order valence-electron chi connectivity index (χ4n) is 2.67. The van der Waals surface area contributed by atoms with Crippen molar-refractivity contribution in [3.8, 4) is 22.5 Å². The predicted molar refractivity (Wildman–Crippen MR) is 98.0 cm³/mol. The van der Waals surface area contributed by atoms with E-state index in [1.165, 1.54) is 0 Å². The normalized spacial score (nSPS) is 11.0. The number of aromatic nitrogens is 2. The third kappa shape index (κ3) is 2.74. The molecule has 4 rings (SSSR count). The second kappa shape index (κ2) is 5.76. The van der Waals surface area contributed by atoms with Crippen LogP contribution in [-0.2, 0) is 0 Å². The van der Waals surface area contributed by atoms with Crippen molar-refractivity contribution in [1.82, 2.24) is 9.97 Å². The molecule has 2 aromatic carbocycles. The van der Waals surface area contributed by atoms with Crippen molar-refractivity contribution < 1.29 is 0 Å². The molecule has 0 aliphatic carbocycles. The predicted octanol–water partition coefficient (Wildman–Crippen LogP) is 5.99. The molecular weight excluding hydrogens is 324 g/mol. The zero-order valence-corrected chi connectivity index (χ0v) is 14.0. The summed E-state index contributed by atoms with van der Waals surface area (Å²) in [6, 6.07) is 18.2. The van der Waals surface area contributed by atoms with Gasteiger partial charge in [-0.1, -0.05) is 41.9 Å². The molecular formula is C19H13ClN2S. The van der Waals surface area contributed by atoms with Crippen LogP contribution in [-0.4, -0.2) is 9.97 Å². The summed E-state index contributed by atoms with van der Waals surface area (Å²) >= 11 is 7.84. The summed E-state index contributed by atoms with van der Waals surface area (Å²) in [5, 5.41) is 4.86. The number of rotatable bonds is 2. The minimum absolute atomic E-state index is 0.716. The van der Waals surface area contributed by atoms with Crippen LogP contribution in [0.25, 0.3) is 33.4 Å². The second-order valence-corrected chi connectivity index (χ2v) is 6.83. The molecule has 0 bridgehead atoms. The topological polar surface area (TPSA) is 25.8 Å². The molecule has 2 heterocycles. The van der Waals surface area contributed by atoms with E-state index in [2.05, 4.69) is 23.2 Å². The quantitative estimate of drug-likeness (QED) is 0.449. The van der Waals surface area contributed by atoms with Gasteiger partial charge < -0.3 is 0 Å². The molecule has 0 radical (unpaired) electrons. The Labute approximate surface area is 143 Å². The van der Waals surface area contributed by atoms with Crippen LogP contribution in [0.3, 0.4) is 0 Å². The van der Waals surface area contributed by atoms with Crippen LogP contribution >= 0.6 is 22.9 Å². The number of nitrogens with zero attached hydrogens (tertiary/aromatic N) is 2. The first-order chi connectivity index (χ1) is 11.2. The molecule has 2 aromatic heterocycles. The van der Waals surface area contributed by atoms with Crippen molar-refractivity contribution in [2.45, 2.75) is 6.92 Å². The number of hydrogen-bond donors (Lipinski definition) is 0. The summed E-state index contributed by atoms with van der Waals surface area (Å²) in [6.07, 6.45) is 0. The molecule has 0 unspecified atom stereocenters. The van der Waals surface area contributed by atoms with Gasteiger partial charge in [0, 0.05) is 15.8 Å². The van der Waals surface area contributed by atoms with Gasteiger partial charge in [0.25, 0.3) is 0 Å². The Kier molecular flexibility index (Phi) is 3.60. The average molecular weight is 337 g/mol. The van der Waals surface area contributed by atoms with Gasteiger partial charge in [0.1, 0.15) is 0 Å². The van der Waals surface area contributed by atoms with E-state index in [-0.39, 0.29) is 0 Å². The Morgan fingerprint density at radius 3 is 2.48 bits per heavy atom. The van der Waals surface area contributed by atoms with Gasteiger partial charge in [-0.15, -0.1) is 11.3 Å². The number of thiazole rings is 1. The number of hydrogen-bond acceptors (Lipinski definition) is 3. The lowest BCUT2D eigenvalue weighted by Gasteiger charge is -2.09. The average Bonchev–Trinajstić information content (AvgIpc) is 3.01. The van der Waals surface area contributed by atoms with E-state index < -0.39 is 0 Å². The van der Waals surface area contributed by atoms with Gasteiger partial charge in [-0.05, 0) is 42.3 Å². The maximum absolute atomic E-state index is 6.20. The Morgan fingerprint density at radius 2 is 1.74 bits per heavy atom. The number of pyridine rings is 1. The first kappa shape index (κ1) is 14.4. The van der Waals surface area contributed by atoms with E-state index in [1.807, 2.05) is 48.7 Å². The molecule has 0 fully saturated rings. The van der Waals surface area contributed by atoms with Gasteiger partial charge in [-0.25, -0.2) is 9.97 Å². The van der Waals surface area contributed by atoms with Gasteiger partial charge in [-0.3, -0.25) is 0 Å². The van der Waals surface area contributed by atoms with Crippen molar-refractivity contribution in [1.29, 1.82) is 0 Å². The summed E-state index contributed by atoms with van der Waals surface area (Å²) in [7, 11) is 0. The minimum Gasteiger partial charge on any atom is -0.246 e. The molecule has 0 aliphatic rings. The van der Waals surface area contributed by atoms with Crippen molar-refractivity contribution in [2.24, 2.45) is 0 Å². The highest BCUT2D eigenvalue weighted by Crippen LogP contribution is 2.33. The number of benzene rings is 2. The maximum atomic E-state index is 6.20. The molecule has 2 nitrogen and oxygen atoms in total. The molecule has 0 N–H and O–H groups in total. The summed E-state index contributed by atoms with van der Waals surface area (Å²) in [6.45, 7) is 2.01. The van der Waals surface area contributed by atoms with Crippen LogP contribution < -0.4 is 0 Å². The highest BCUT2D eigenvalue weighted by atomic mass is 35.5. The number of fused-ring (bicyclic) bond motifs is 1. The lowest BCUT2D eigenvalue weighted by Crippen LogP contribution is -1.90. The first-order valence-electron chi connectivity index (χ1n) is 7.29. The zero-order chi connectivity index (χ0) is 15.8. The van der Waals surface area contributed by atoms with Crippen LogP contribution in [0, 0.1) is 6.92 Å². The van der Waals surface area contributed by atoms with Crippen LogP contribution in [0.15, 0.2) is 60.0 Å². The smallest absolute Gasteiger partial charge is 0.0999 e. The van der Waals surface area contributed by atoms with Crippen molar-refractivity contribution in [3.05, 3.63) is 70.0 Å². The molecule has 0 saturated carbocycles. The van der Waals surface area contributed by atoms with Crippen molar-refractivity contribution in [3.63, 3.8) is 0 Å². The molecule has 4 heteroatoms. The van der Waals surface area contributed by atoms with Gasteiger partial charge >= 0.3 is 0 Å². The van der Waals surface area contributed by atoms with E-state index in [0.717, 1.165) is 38.4 Å². The molecule has 23 heavy (non-hydrogen) atoms. The van der Waals surface area contributed by atoms with Gasteiger partial charge in [0.15, 0.2) is 0 Å². The molecule has 112 valence electrons. The standard InChI is InChI=1S/C19H13ClN2S/c1-12-21-19(11-23-12)18-10-15(13-5-3-2-4-6-13)16-9-14(20)7-8-17(16)22-18/h2-11H,1H3. The molecule has 0 saturated heterocycles. The van der Waals surface area contributed by atoms with E-state index in [4.69, 9.17) is 16.6 Å². The highest BCUT2D eigenvalue weighted by molar-refractivity contribution is 7.09. The second-order valence-electron chi connectivity index (χ2n) is 5.33. The monoisotopic (exact) mass is 336 g/mol. The Hall–Kier alpha value is -2.23. The Balaban J connectivity index is 2.03. The lowest BCUT2D eigenvalue weighted by atomic mass is 9.99. The number of halogens is 1. The summed E-state index contributed by atoms with van der Waals surface area (Å²) < 4.78 is 0. The third-order valence-electron chi connectivity index (χ3n) is 3.74. The fourth-order valence-corrected chi connectivity index (χ4v) is 3.45. The molecule has 0 spiro atoms. The summed E-state index contributed by atoms with van der Waals surface area (Å²) in [5.41, 5.74) is 5.01. The van der Waals surface area contributed by atoms with Crippen molar-refractivity contribution in [2.75, 3.05) is 0 Å². The highest BCUT2D eigenvalue weighted by Gasteiger charge is 2.11. The lowest BCUT2D eigenvalue weighted by molar-refractivity contribution is 1.26. The van der Waals surface area contributed by atoms with Crippen LogP contribution in [0.2, 0.25) is 5.02 Å². The minimum atomic E-state index is 0.716. The Morgan fingerprint density at radius 1 is 0.913 bits per heavy atom. The largest absolute Gasteiger partial charge is 0.246 e. The maximum Gasteiger partial charge on any atom is 0.0999 e. The van der Waals surface area contributed by atoms with Crippen LogP contribution in [0.4, 0.5) is 0 Å². The third-order valence-corrected chi connectivity index (χ3v) is 4.75. The summed E-state index contributed by atoms with van der Waals surface area (Å²) in [5.74, 6) is 0. The van der Waals surface area contributed by atoms with Crippen LogP contribution in [0.5, 0.6) is 0 Å². The molecule has 0 amide bonds. The zero-order valence-electron chi connectivity index (χ0n) is 12.5. The van der Waals surface area contributed by atoms with E-state index >= 15 is 0 Å². The van der Waals surface area contributed by atoms with Gasteiger partial charge in [0.2, 0.25) is 0 Å². The van der Waals surface area contributed by atoms with Crippen LogP contribution in [0.1, 0.15) is 5.01 Å². The van der Waals surface area contributed by atoms with E-state index in [9.17, 15) is 0 Å². The Bertz CT molecular complexity index is 993. The van der Waals surface area contributed by atoms with Crippen molar-refractivity contribution >= 4 is 33.8 Å². The van der Waals surface area contributed by atoms with Gasteiger partial charge in [0.05, 0.1) is 21.9 Å². The van der Waals surface area contributed by atoms with E-state index in [1.54, 1.807) is 11.3 Å². The number of aryl methyl sites for hydroxylation is 1. The van der Waals surface area contributed by atoms with Gasteiger partial charge in [-0.2, -0.15) is 0 Å².